The van der Waals surface area contributed by atoms with Crippen molar-refractivity contribution in [2.75, 3.05) is 7.11 Å². The van der Waals surface area contributed by atoms with Crippen molar-refractivity contribution in [2.24, 2.45) is 5.73 Å². The first-order valence-corrected chi connectivity index (χ1v) is 7.16. The van der Waals surface area contributed by atoms with E-state index in [-0.39, 0.29) is 5.82 Å². The maximum atomic E-state index is 13.9. The highest BCUT2D eigenvalue weighted by Gasteiger charge is 2.19. The van der Waals surface area contributed by atoms with Gasteiger partial charge in [0.2, 0.25) is 0 Å². The Morgan fingerprint density at radius 3 is 2.47 bits per heavy atom. The third-order valence-electron chi connectivity index (χ3n) is 2.85. The second-order valence-electron chi connectivity index (χ2n) is 4.00. The van der Waals surface area contributed by atoms with Gasteiger partial charge in [-0.2, -0.15) is 0 Å². The molecule has 19 heavy (non-hydrogen) atoms. The molecular weight excluding hydrogens is 377 g/mol. The lowest BCUT2D eigenvalue weighted by atomic mass is 9.99. The van der Waals surface area contributed by atoms with Crippen molar-refractivity contribution < 1.29 is 9.13 Å². The van der Waals surface area contributed by atoms with Crippen LogP contribution in [-0.2, 0) is 0 Å². The van der Waals surface area contributed by atoms with Crippen LogP contribution in [0.3, 0.4) is 0 Å². The lowest BCUT2D eigenvalue weighted by Gasteiger charge is -2.17. The molecule has 0 saturated carbocycles. The molecule has 0 aliphatic heterocycles. The third-order valence-corrected chi connectivity index (χ3v) is 4.23. The van der Waals surface area contributed by atoms with Gasteiger partial charge in [0.15, 0.2) is 0 Å². The average Bonchev–Trinajstić information content (AvgIpc) is 2.38. The molecule has 2 aromatic carbocycles. The summed E-state index contributed by atoms with van der Waals surface area (Å²) in [4.78, 5) is 0. The number of hydrogen-bond donors (Lipinski definition) is 1. The Labute approximate surface area is 128 Å². The zero-order chi connectivity index (χ0) is 14.0. The third kappa shape index (κ3) is 2.99. The van der Waals surface area contributed by atoms with Gasteiger partial charge >= 0.3 is 0 Å². The minimum atomic E-state index is -0.559. The Balaban J connectivity index is 2.47. The lowest BCUT2D eigenvalue weighted by molar-refractivity contribution is 0.414. The molecule has 0 aliphatic carbocycles. The Morgan fingerprint density at radius 1 is 1.16 bits per heavy atom. The summed E-state index contributed by atoms with van der Waals surface area (Å²) in [6, 6.07) is 9.69. The summed E-state index contributed by atoms with van der Waals surface area (Å²) in [5.41, 5.74) is 7.41. The van der Waals surface area contributed by atoms with E-state index in [1.165, 1.54) is 6.07 Å². The molecule has 2 N–H and O–H groups in total. The smallest absolute Gasteiger partial charge is 0.129 e. The van der Waals surface area contributed by atoms with E-state index in [0.717, 1.165) is 15.8 Å². The van der Waals surface area contributed by atoms with Crippen LogP contribution in [0.25, 0.3) is 0 Å². The maximum Gasteiger partial charge on any atom is 0.129 e. The van der Waals surface area contributed by atoms with Crippen LogP contribution in [0, 0.1) is 5.82 Å². The van der Waals surface area contributed by atoms with Gasteiger partial charge in [0.05, 0.1) is 13.2 Å². The zero-order valence-corrected chi connectivity index (χ0v) is 13.3. The van der Waals surface area contributed by atoms with Crippen molar-refractivity contribution >= 4 is 31.9 Å². The first kappa shape index (κ1) is 14.5. The summed E-state index contributed by atoms with van der Waals surface area (Å²) in [5.74, 6) is 0.389. The van der Waals surface area contributed by atoms with Crippen LogP contribution in [-0.4, -0.2) is 7.11 Å². The summed E-state index contributed by atoms with van der Waals surface area (Å²) >= 11 is 6.77. The van der Waals surface area contributed by atoms with Crippen molar-refractivity contribution in [3.05, 3.63) is 62.3 Å². The fraction of sp³-hybridized carbons (Fsp3) is 0.143. The first-order chi connectivity index (χ1) is 9.04. The molecule has 0 fully saturated rings. The Bertz CT molecular complexity index is 584. The molecule has 0 heterocycles. The molecule has 100 valence electrons. The summed E-state index contributed by atoms with van der Waals surface area (Å²) in [5, 5.41) is 0. The van der Waals surface area contributed by atoms with Gasteiger partial charge < -0.3 is 10.5 Å². The number of hydrogen-bond acceptors (Lipinski definition) is 2. The SMILES string of the molecule is COc1ccc(C(N)c2c(F)cccc2Br)c(Br)c1. The molecule has 2 aromatic rings. The molecule has 0 radical (unpaired) electrons. The fourth-order valence-electron chi connectivity index (χ4n) is 1.85. The van der Waals surface area contributed by atoms with Gasteiger partial charge in [-0.1, -0.05) is 44.0 Å². The molecule has 0 bridgehead atoms. The van der Waals surface area contributed by atoms with Gasteiger partial charge in [-0.15, -0.1) is 0 Å². The molecule has 0 aromatic heterocycles. The van der Waals surface area contributed by atoms with Gasteiger partial charge in [-0.05, 0) is 29.8 Å². The zero-order valence-electron chi connectivity index (χ0n) is 10.2. The average molecular weight is 389 g/mol. The van der Waals surface area contributed by atoms with E-state index < -0.39 is 6.04 Å². The normalized spacial score (nSPS) is 12.3. The van der Waals surface area contributed by atoms with Crippen LogP contribution in [0.2, 0.25) is 0 Å². The predicted molar refractivity (Wildman–Crippen MR) is 80.8 cm³/mol. The molecule has 0 spiro atoms. The number of methoxy groups -OCH3 is 1. The van der Waals surface area contributed by atoms with Crippen molar-refractivity contribution in [1.82, 2.24) is 0 Å². The topological polar surface area (TPSA) is 35.2 Å². The van der Waals surface area contributed by atoms with Crippen LogP contribution in [0.1, 0.15) is 17.2 Å². The number of ether oxygens (including phenoxy) is 1. The second kappa shape index (κ2) is 6.03. The van der Waals surface area contributed by atoms with Crippen molar-refractivity contribution in [3.8, 4) is 5.75 Å². The standard InChI is InChI=1S/C14H12Br2FNO/c1-19-8-5-6-9(11(16)7-8)14(18)13-10(15)3-2-4-12(13)17/h2-7,14H,18H2,1H3. The van der Waals surface area contributed by atoms with E-state index in [9.17, 15) is 4.39 Å². The molecule has 0 aliphatic rings. The van der Waals surface area contributed by atoms with Gasteiger partial charge in [0.1, 0.15) is 11.6 Å². The second-order valence-corrected chi connectivity index (χ2v) is 5.71. The molecule has 0 amide bonds. The van der Waals surface area contributed by atoms with E-state index in [1.807, 2.05) is 12.1 Å². The molecular formula is C14H12Br2FNO. The highest BCUT2D eigenvalue weighted by Crippen LogP contribution is 2.34. The van der Waals surface area contributed by atoms with E-state index in [1.54, 1.807) is 25.3 Å². The van der Waals surface area contributed by atoms with Crippen LogP contribution in [0.5, 0.6) is 5.75 Å². The van der Waals surface area contributed by atoms with Crippen LogP contribution < -0.4 is 10.5 Å². The monoisotopic (exact) mass is 387 g/mol. The van der Waals surface area contributed by atoms with Crippen LogP contribution >= 0.6 is 31.9 Å². The van der Waals surface area contributed by atoms with Crippen molar-refractivity contribution in [1.29, 1.82) is 0 Å². The van der Waals surface area contributed by atoms with Crippen LogP contribution in [0.15, 0.2) is 45.3 Å². The number of nitrogens with two attached hydrogens (primary N) is 1. The molecule has 2 rings (SSSR count). The molecule has 1 atom stereocenters. The van der Waals surface area contributed by atoms with Gasteiger partial charge in [0, 0.05) is 14.5 Å². The van der Waals surface area contributed by atoms with E-state index in [2.05, 4.69) is 31.9 Å². The molecule has 0 saturated heterocycles. The maximum absolute atomic E-state index is 13.9. The minimum absolute atomic E-state index is 0.329. The highest BCUT2D eigenvalue weighted by atomic mass is 79.9. The largest absolute Gasteiger partial charge is 0.497 e. The van der Waals surface area contributed by atoms with Gasteiger partial charge in [-0.25, -0.2) is 4.39 Å². The van der Waals surface area contributed by atoms with Gasteiger partial charge in [0.25, 0.3) is 0 Å². The van der Waals surface area contributed by atoms with E-state index in [0.29, 0.717) is 10.0 Å². The Kier molecular flexibility index (Phi) is 4.60. The van der Waals surface area contributed by atoms with E-state index in [4.69, 9.17) is 10.5 Å². The van der Waals surface area contributed by atoms with E-state index >= 15 is 0 Å². The Morgan fingerprint density at radius 2 is 1.89 bits per heavy atom. The summed E-state index contributed by atoms with van der Waals surface area (Å²) in [6.07, 6.45) is 0. The summed E-state index contributed by atoms with van der Waals surface area (Å²) in [6.45, 7) is 0. The predicted octanol–water partition coefficient (Wildman–Crippen LogP) is 4.41. The minimum Gasteiger partial charge on any atom is -0.497 e. The lowest BCUT2D eigenvalue weighted by Crippen LogP contribution is -2.15. The van der Waals surface area contributed by atoms with Crippen molar-refractivity contribution in [3.63, 3.8) is 0 Å². The van der Waals surface area contributed by atoms with Gasteiger partial charge in [-0.3, -0.25) is 0 Å². The number of benzene rings is 2. The number of rotatable bonds is 3. The van der Waals surface area contributed by atoms with Crippen molar-refractivity contribution in [2.45, 2.75) is 6.04 Å². The quantitative estimate of drug-likeness (QED) is 0.845. The molecule has 5 heteroatoms. The first-order valence-electron chi connectivity index (χ1n) is 5.57. The Hall–Kier alpha value is -0.910. The number of halogens is 3. The molecule has 2 nitrogen and oxygen atoms in total. The highest BCUT2D eigenvalue weighted by molar-refractivity contribution is 9.10. The summed E-state index contributed by atoms with van der Waals surface area (Å²) < 4.78 is 20.5. The summed E-state index contributed by atoms with van der Waals surface area (Å²) in [7, 11) is 1.59. The fourth-order valence-corrected chi connectivity index (χ4v) is 3.04. The van der Waals surface area contributed by atoms with Crippen LogP contribution in [0.4, 0.5) is 4.39 Å². The molecule has 1 unspecified atom stereocenters.